The smallest absolute Gasteiger partial charge is 0.303 e. The van der Waals surface area contributed by atoms with Crippen molar-refractivity contribution in [3.8, 4) is 0 Å². The highest BCUT2D eigenvalue weighted by Crippen LogP contribution is 2.14. The Balaban J connectivity index is 2.48. The van der Waals surface area contributed by atoms with Crippen LogP contribution < -0.4 is 5.32 Å². The van der Waals surface area contributed by atoms with Crippen molar-refractivity contribution in [2.45, 2.75) is 19.8 Å². The molecule has 104 valence electrons. The number of carboxylic acid groups (broad SMARTS) is 1. The van der Waals surface area contributed by atoms with Crippen molar-refractivity contribution in [2.24, 2.45) is 5.92 Å². The number of carbonyl (C=O) groups is 2. The standard InChI is InChI=1S/C12H14Cl2N2O3/c1-7(2-3-11(17)18)6-15-12(19)8-4-9(13)16-10(14)5-8/h4-5,7H,2-3,6H2,1H3,(H,15,19)(H,17,18). The molecule has 7 heteroatoms. The van der Waals surface area contributed by atoms with Crippen LogP contribution in [0.3, 0.4) is 0 Å². The second kappa shape index (κ2) is 7.31. The highest BCUT2D eigenvalue weighted by atomic mass is 35.5. The van der Waals surface area contributed by atoms with Gasteiger partial charge in [0.25, 0.3) is 5.91 Å². The number of pyridine rings is 1. The zero-order valence-corrected chi connectivity index (χ0v) is 11.8. The number of nitrogens with one attached hydrogen (secondary N) is 1. The quantitative estimate of drug-likeness (QED) is 0.792. The maximum absolute atomic E-state index is 11.8. The van der Waals surface area contributed by atoms with Crippen LogP contribution in [0.5, 0.6) is 0 Å². The molecule has 1 unspecified atom stereocenters. The molecule has 0 saturated carbocycles. The predicted molar refractivity (Wildman–Crippen MR) is 72.6 cm³/mol. The number of aromatic nitrogens is 1. The zero-order chi connectivity index (χ0) is 14.4. The van der Waals surface area contributed by atoms with Crippen LogP contribution in [-0.2, 0) is 4.79 Å². The lowest BCUT2D eigenvalue weighted by Gasteiger charge is -2.11. The van der Waals surface area contributed by atoms with Crippen molar-refractivity contribution in [1.29, 1.82) is 0 Å². The summed E-state index contributed by atoms with van der Waals surface area (Å²) in [5, 5.41) is 11.6. The number of aliphatic carboxylic acids is 1. The van der Waals surface area contributed by atoms with E-state index in [1.165, 1.54) is 12.1 Å². The van der Waals surface area contributed by atoms with Gasteiger partial charge in [0.15, 0.2) is 0 Å². The van der Waals surface area contributed by atoms with Gasteiger partial charge in [-0.2, -0.15) is 0 Å². The lowest BCUT2D eigenvalue weighted by molar-refractivity contribution is -0.137. The maximum Gasteiger partial charge on any atom is 0.303 e. The van der Waals surface area contributed by atoms with Crippen LogP contribution in [0.15, 0.2) is 12.1 Å². The average Bonchev–Trinajstić information content (AvgIpc) is 2.32. The van der Waals surface area contributed by atoms with Gasteiger partial charge in [-0.05, 0) is 24.5 Å². The summed E-state index contributed by atoms with van der Waals surface area (Å²) in [4.78, 5) is 26.0. The van der Waals surface area contributed by atoms with Crippen LogP contribution in [0.1, 0.15) is 30.1 Å². The normalized spacial score (nSPS) is 11.9. The monoisotopic (exact) mass is 304 g/mol. The molecule has 0 spiro atoms. The molecule has 0 aliphatic carbocycles. The lowest BCUT2D eigenvalue weighted by atomic mass is 10.1. The molecule has 2 N–H and O–H groups in total. The summed E-state index contributed by atoms with van der Waals surface area (Å²) in [5.41, 5.74) is 0.329. The van der Waals surface area contributed by atoms with Gasteiger partial charge in [0.2, 0.25) is 0 Å². The molecule has 0 aliphatic heterocycles. The molecule has 0 aliphatic rings. The third-order valence-electron chi connectivity index (χ3n) is 2.49. The van der Waals surface area contributed by atoms with Crippen molar-refractivity contribution in [3.05, 3.63) is 28.0 Å². The van der Waals surface area contributed by atoms with Crippen molar-refractivity contribution >= 4 is 35.1 Å². The number of carboxylic acids is 1. The van der Waals surface area contributed by atoms with Crippen LogP contribution in [-0.4, -0.2) is 28.5 Å². The second-order valence-electron chi connectivity index (χ2n) is 4.25. The van der Waals surface area contributed by atoms with Crippen LogP contribution in [0.2, 0.25) is 10.3 Å². The van der Waals surface area contributed by atoms with Gasteiger partial charge in [-0.3, -0.25) is 9.59 Å². The van der Waals surface area contributed by atoms with E-state index in [-0.39, 0.29) is 28.6 Å². The van der Waals surface area contributed by atoms with Crippen LogP contribution >= 0.6 is 23.2 Å². The number of carbonyl (C=O) groups excluding carboxylic acids is 1. The minimum Gasteiger partial charge on any atom is -0.481 e. The summed E-state index contributed by atoms with van der Waals surface area (Å²) in [7, 11) is 0. The Morgan fingerprint density at radius 1 is 1.37 bits per heavy atom. The van der Waals surface area contributed by atoms with Crippen molar-refractivity contribution in [3.63, 3.8) is 0 Å². The molecule has 19 heavy (non-hydrogen) atoms. The van der Waals surface area contributed by atoms with Crippen molar-refractivity contribution in [1.82, 2.24) is 10.3 Å². The Kier molecular flexibility index (Phi) is 6.05. The van der Waals surface area contributed by atoms with Gasteiger partial charge in [-0.15, -0.1) is 0 Å². The molecule has 0 radical (unpaired) electrons. The number of nitrogens with zero attached hydrogens (tertiary/aromatic N) is 1. The number of rotatable bonds is 6. The minimum atomic E-state index is -0.842. The van der Waals surface area contributed by atoms with Gasteiger partial charge in [0.1, 0.15) is 10.3 Å². The third kappa shape index (κ3) is 5.89. The van der Waals surface area contributed by atoms with Crippen LogP contribution in [0.4, 0.5) is 0 Å². The summed E-state index contributed by atoms with van der Waals surface area (Å²) < 4.78 is 0. The van der Waals surface area contributed by atoms with Crippen molar-refractivity contribution in [2.75, 3.05) is 6.54 Å². The van der Waals surface area contributed by atoms with E-state index in [1.807, 2.05) is 6.92 Å². The summed E-state index contributed by atoms with van der Waals surface area (Å²) in [6.07, 6.45) is 0.595. The number of hydrogen-bond donors (Lipinski definition) is 2. The number of halogens is 2. The summed E-state index contributed by atoms with van der Waals surface area (Å²) >= 11 is 11.4. The summed E-state index contributed by atoms with van der Waals surface area (Å²) in [6.45, 7) is 2.26. The first-order chi connectivity index (χ1) is 8.88. The Hall–Kier alpha value is -1.33. The number of hydrogen-bond acceptors (Lipinski definition) is 3. The van der Waals surface area contributed by atoms with E-state index in [0.29, 0.717) is 18.5 Å². The summed E-state index contributed by atoms with van der Waals surface area (Å²) in [6, 6.07) is 2.84. The fraction of sp³-hybridized carbons (Fsp3) is 0.417. The molecule has 1 heterocycles. The van der Waals surface area contributed by atoms with E-state index in [1.54, 1.807) is 0 Å². The third-order valence-corrected chi connectivity index (χ3v) is 2.87. The fourth-order valence-electron chi connectivity index (χ4n) is 1.44. The minimum absolute atomic E-state index is 0.0767. The Labute approximate surface area is 120 Å². The Morgan fingerprint density at radius 2 is 1.95 bits per heavy atom. The zero-order valence-electron chi connectivity index (χ0n) is 10.3. The molecule has 0 bridgehead atoms. The molecule has 1 atom stereocenters. The van der Waals surface area contributed by atoms with Gasteiger partial charge < -0.3 is 10.4 Å². The van der Waals surface area contributed by atoms with Gasteiger partial charge in [0.05, 0.1) is 0 Å². The molecule has 1 rings (SSSR count). The summed E-state index contributed by atoms with van der Waals surface area (Å²) in [5.74, 6) is -1.08. The second-order valence-corrected chi connectivity index (χ2v) is 5.02. The van der Waals surface area contributed by atoms with E-state index in [9.17, 15) is 9.59 Å². The molecule has 1 aromatic heterocycles. The van der Waals surface area contributed by atoms with E-state index in [2.05, 4.69) is 10.3 Å². The first kappa shape index (κ1) is 15.7. The van der Waals surface area contributed by atoms with Crippen molar-refractivity contribution < 1.29 is 14.7 Å². The topological polar surface area (TPSA) is 79.3 Å². The Bertz CT molecular complexity index is 460. The first-order valence-electron chi connectivity index (χ1n) is 5.71. The Morgan fingerprint density at radius 3 is 2.47 bits per heavy atom. The first-order valence-corrected chi connectivity index (χ1v) is 6.47. The molecule has 0 saturated heterocycles. The van der Waals surface area contributed by atoms with Gasteiger partial charge >= 0.3 is 5.97 Å². The highest BCUT2D eigenvalue weighted by Gasteiger charge is 2.11. The molecule has 1 amide bonds. The van der Waals surface area contributed by atoms with E-state index >= 15 is 0 Å². The highest BCUT2D eigenvalue weighted by molar-refractivity contribution is 6.33. The molecular formula is C12H14Cl2N2O3. The van der Waals surface area contributed by atoms with Gasteiger partial charge in [-0.1, -0.05) is 30.1 Å². The molecule has 0 aromatic carbocycles. The predicted octanol–water partition coefficient (Wildman–Crippen LogP) is 2.62. The maximum atomic E-state index is 11.8. The van der Waals surface area contributed by atoms with Gasteiger partial charge in [-0.25, -0.2) is 4.98 Å². The van der Waals surface area contributed by atoms with Gasteiger partial charge in [0, 0.05) is 18.5 Å². The SMILES string of the molecule is CC(CCC(=O)O)CNC(=O)c1cc(Cl)nc(Cl)c1. The molecule has 5 nitrogen and oxygen atoms in total. The molecule has 0 fully saturated rings. The van der Waals surface area contributed by atoms with Crippen LogP contribution in [0.25, 0.3) is 0 Å². The molecular weight excluding hydrogens is 291 g/mol. The van der Waals surface area contributed by atoms with E-state index < -0.39 is 5.97 Å². The van der Waals surface area contributed by atoms with Crippen LogP contribution in [0, 0.1) is 5.92 Å². The average molecular weight is 305 g/mol. The van der Waals surface area contributed by atoms with E-state index in [4.69, 9.17) is 28.3 Å². The van der Waals surface area contributed by atoms with E-state index in [0.717, 1.165) is 0 Å². The lowest BCUT2D eigenvalue weighted by Crippen LogP contribution is -2.28. The molecule has 1 aromatic rings. The number of amides is 1. The largest absolute Gasteiger partial charge is 0.481 e. The fourth-order valence-corrected chi connectivity index (χ4v) is 1.90.